The normalized spacial score (nSPS) is 13.7. The number of halogens is 1. The van der Waals surface area contributed by atoms with Gasteiger partial charge in [-0.05, 0) is 57.0 Å². The van der Waals surface area contributed by atoms with Crippen LogP contribution in [0.25, 0.3) is 0 Å². The lowest BCUT2D eigenvalue weighted by molar-refractivity contribution is 0.102. The Balaban J connectivity index is 1.37. The molecule has 3 aromatic rings. The summed E-state index contributed by atoms with van der Waals surface area (Å²) >= 11 is 7.29. The summed E-state index contributed by atoms with van der Waals surface area (Å²) in [5, 5.41) is 9.76. The molecule has 0 saturated heterocycles. The van der Waals surface area contributed by atoms with Gasteiger partial charge in [-0.2, -0.15) is 0 Å². The first-order valence-corrected chi connectivity index (χ1v) is 10.9. The highest BCUT2D eigenvalue weighted by Gasteiger charge is 2.28. The SMILES string of the molecule is Cc1cc(C(=O)CSc2nnc(COc3ccc(Cl)cc3)n2C)c(C)n1C1CC1. The van der Waals surface area contributed by atoms with Crippen molar-refractivity contribution >= 4 is 29.1 Å². The minimum Gasteiger partial charge on any atom is -0.486 e. The molecule has 0 aliphatic heterocycles. The highest BCUT2D eigenvalue weighted by atomic mass is 35.5. The van der Waals surface area contributed by atoms with E-state index in [1.165, 1.54) is 30.3 Å². The molecular formula is C21H23ClN4O2S. The van der Waals surface area contributed by atoms with Crippen molar-refractivity contribution in [3.05, 3.63) is 58.1 Å². The van der Waals surface area contributed by atoms with Crippen LogP contribution in [0.3, 0.4) is 0 Å². The highest BCUT2D eigenvalue weighted by Crippen LogP contribution is 2.38. The number of carbonyl (C=O) groups is 1. The average Bonchev–Trinajstić information content (AvgIpc) is 3.40. The largest absolute Gasteiger partial charge is 0.486 e. The van der Waals surface area contributed by atoms with E-state index in [1.807, 2.05) is 36.7 Å². The van der Waals surface area contributed by atoms with Crippen LogP contribution >= 0.6 is 23.4 Å². The standard InChI is InChI=1S/C21H23ClN4O2S/c1-13-10-18(14(2)26(13)16-6-7-16)19(27)12-29-21-24-23-20(25(21)3)11-28-17-8-4-15(22)5-9-17/h4-5,8-10,16H,6-7,11-12H2,1-3H3. The fraction of sp³-hybridized carbons (Fsp3) is 0.381. The Morgan fingerprint density at radius 3 is 2.66 bits per heavy atom. The van der Waals surface area contributed by atoms with Crippen molar-refractivity contribution in [1.29, 1.82) is 0 Å². The monoisotopic (exact) mass is 430 g/mol. The Labute approximate surface area is 179 Å². The third-order valence-corrected chi connectivity index (χ3v) is 6.41. The van der Waals surface area contributed by atoms with Crippen molar-refractivity contribution < 1.29 is 9.53 Å². The molecule has 0 amide bonds. The second-order valence-corrected chi connectivity index (χ2v) is 8.68. The van der Waals surface area contributed by atoms with E-state index in [0.29, 0.717) is 40.2 Å². The van der Waals surface area contributed by atoms with Crippen LogP contribution in [0, 0.1) is 13.8 Å². The number of hydrogen-bond acceptors (Lipinski definition) is 5. The molecular weight excluding hydrogens is 408 g/mol. The fourth-order valence-electron chi connectivity index (χ4n) is 3.44. The summed E-state index contributed by atoms with van der Waals surface area (Å²) in [4.78, 5) is 12.8. The molecule has 4 rings (SSSR count). The van der Waals surface area contributed by atoms with E-state index in [1.54, 1.807) is 12.1 Å². The number of carbonyl (C=O) groups excluding carboxylic acids is 1. The number of aryl methyl sites for hydroxylation is 1. The number of rotatable bonds is 8. The van der Waals surface area contributed by atoms with Gasteiger partial charge >= 0.3 is 0 Å². The van der Waals surface area contributed by atoms with Gasteiger partial charge in [0.2, 0.25) is 0 Å². The van der Waals surface area contributed by atoms with Gasteiger partial charge in [-0.15, -0.1) is 10.2 Å². The van der Waals surface area contributed by atoms with Crippen molar-refractivity contribution in [2.45, 2.75) is 44.5 Å². The molecule has 1 aliphatic rings. The molecule has 1 aromatic carbocycles. The minimum absolute atomic E-state index is 0.122. The molecule has 1 aliphatic carbocycles. The minimum atomic E-state index is 0.122. The van der Waals surface area contributed by atoms with Crippen LogP contribution in [-0.2, 0) is 13.7 Å². The summed E-state index contributed by atoms with van der Waals surface area (Å²) in [5.74, 6) is 1.87. The van der Waals surface area contributed by atoms with E-state index in [9.17, 15) is 4.79 Å². The lowest BCUT2D eigenvalue weighted by atomic mass is 10.2. The van der Waals surface area contributed by atoms with Gasteiger partial charge < -0.3 is 13.9 Å². The number of ether oxygens (including phenoxy) is 1. The van der Waals surface area contributed by atoms with E-state index in [0.717, 1.165) is 11.3 Å². The quantitative estimate of drug-likeness (QED) is 0.380. The van der Waals surface area contributed by atoms with Crippen LogP contribution in [-0.4, -0.2) is 30.9 Å². The van der Waals surface area contributed by atoms with Crippen LogP contribution in [0.5, 0.6) is 5.75 Å². The molecule has 2 heterocycles. The molecule has 0 N–H and O–H groups in total. The molecule has 8 heteroatoms. The van der Waals surface area contributed by atoms with E-state index in [-0.39, 0.29) is 5.78 Å². The number of Topliss-reactive ketones (excluding diaryl/α,β-unsaturated/α-hetero) is 1. The van der Waals surface area contributed by atoms with Gasteiger partial charge in [-0.1, -0.05) is 23.4 Å². The average molecular weight is 431 g/mol. The number of benzene rings is 1. The summed E-state index contributed by atoms with van der Waals surface area (Å²) in [5.41, 5.74) is 3.06. The molecule has 1 saturated carbocycles. The van der Waals surface area contributed by atoms with Gasteiger partial charge in [0, 0.05) is 35.1 Å². The van der Waals surface area contributed by atoms with Gasteiger partial charge in [0.25, 0.3) is 0 Å². The van der Waals surface area contributed by atoms with Gasteiger partial charge in [0.1, 0.15) is 12.4 Å². The Morgan fingerprint density at radius 1 is 1.24 bits per heavy atom. The van der Waals surface area contributed by atoms with Crippen LogP contribution in [0.2, 0.25) is 5.02 Å². The maximum Gasteiger partial charge on any atom is 0.191 e. The summed E-state index contributed by atoms with van der Waals surface area (Å²) in [6, 6.07) is 9.77. The third kappa shape index (κ3) is 4.36. The predicted molar refractivity (Wildman–Crippen MR) is 114 cm³/mol. The molecule has 1 fully saturated rings. The molecule has 0 atom stereocenters. The molecule has 29 heavy (non-hydrogen) atoms. The number of hydrogen-bond donors (Lipinski definition) is 0. The summed E-state index contributed by atoms with van der Waals surface area (Å²) < 4.78 is 9.90. The van der Waals surface area contributed by atoms with Crippen molar-refractivity contribution in [1.82, 2.24) is 19.3 Å². The van der Waals surface area contributed by atoms with Crippen LogP contribution in [0.4, 0.5) is 0 Å². The summed E-state index contributed by atoms with van der Waals surface area (Å²) in [7, 11) is 1.88. The lowest BCUT2D eigenvalue weighted by Gasteiger charge is -2.08. The number of thioether (sulfide) groups is 1. The van der Waals surface area contributed by atoms with Crippen LogP contribution < -0.4 is 4.74 Å². The Bertz CT molecular complexity index is 1040. The van der Waals surface area contributed by atoms with Crippen LogP contribution in [0.1, 0.15) is 46.5 Å². The highest BCUT2D eigenvalue weighted by molar-refractivity contribution is 7.99. The fourth-order valence-corrected chi connectivity index (χ4v) is 4.38. The van der Waals surface area contributed by atoms with E-state index >= 15 is 0 Å². The molecule has 0 radical (unpaired) electrons. The topological polar surface area (TPSA) is 61.9 Å². The number of ketones is 1. The molecule has 0 spiro atoms. The second-order valence-electron chi connectivity index (χ2n) is 7.30. The summed E-state index contributed by atoms with van der Waals surface area (Å²) in [6.45, 7) is 4.41. The van der Waals surface area contributed by atoms with E-state index in [2.05, 4.69) is 21.7 Å². The first kappa shape index (κ1) is 20.0. The van der Waals surface area contributed by atoms with Gasteiger partial charge in [-0.3, -0.25) is 4.79 Å². The maximum absolute atomic E-state index is 12.8. The summed E-state index contributed by atoms with van der Waals surface area (Å²) in [6.07, 6.45) is 2.41. The Hall–Kier alpha value is -2.25. The molecule has 6 nitrogen and oxygen atoms in total. The third-order valence-electron chi connectivity index (χ3n) is 5.14. The molecule has 0 unspecified atom stereocenters. The smallest absolute Gasteiger partial charge is 0.191 e. The van der Waals surface area contributed by atoms with Gasteiger partial charge in [-0.25, -0.2) is 0 Å². The lowest BCUT2D eigenvalue weighted by Crippen LogP contribution is -2.07. The molecule has 152 valence electrons. The first-order valence-electron chi connectivity index (χ1n) is 9.55. The number of nitrogens with zero attached hydrogens (tertiary/aromatic N) is 4. The van der Waals surface area contributed by atoms with E-state index in [4.69, 9.17) is 16.3 Å². The van der Waals surface area contributed by atoms with Crippen molar-refractivity contribution in [2.75, 3.05) is 5.75 Å². The molecule has 2 aromatic heterocycles. The maximum atomic E-state index is 12.8. The predicted octanol–water partition coefficient (Wildman–Crippen LogP) is 4.78. The zero-order valence-corrected chi connectivity index (χ0v) is 18.3. The Kier molecular flexibility index (Phi) is 5.69. The van der Waals surface area contributed by atoms with Crippen molar-refractivity contribution in [3.8, 4) is 5.75 Å². The number of aromatic nitrogens is 4. The van der Waals surface area contributed by atoms with Crippen LogP contribution in [0.15, 0.2) is 35.5 Å². The Morgan fingerprint density at radius 2 is 1.97 bits per heavy atom. The van der Waals surface area contributed by atoms with Crippen molar-refractivity contribution in [2.24, 2.45) is 7.05 Å². The molecule has 0 bridgehead atoms. The zero-order chi connectivity index (χ0) is 20.5. The zero-order valence-electron chi connectivity index (χ0n) is 16.7. The second kappa shape index (κ2) is 8.24. The van der Waals surface area contributed by atoms with Gasteiger partial charge in [0.15, 0.2) is 16.8 Å². The van der Waals surface area contributed by atoms with Gasteiger partial charge in [0.05, 0.1) is 5.75 Å². The van der Waals surface area contributed by atoms with Crippen molar-refractivity contribution in [3.63, 3.8) is 0 Å². The first-order chi connectivity index (χ1) is 13.9. The van der Waals surface area contributed by atoms with E-state index < -0.39 is 0 Å².